The summed E-state index contributed by atoms with van der Waals surface area (Å²) in [5.41, 5.74) is 5.88. The van der Waals surface area contributed by atoms with Crippen LogP contribution in [-0.4, -0.2) is 12.5 Å². The number of halogens is 2. The summed E-state index contributed by atoms with van der Waals surface area (Å²) in [4.78, 5) is 11.3. The minimum Gasteiger partial charge on any atom is -0.369 e. The van der Waals surface area contributed by atoms with Crippen LogP contribution in [0.3, 0.4) is 0 Å². The number of carbonyl (C=O) groups is 1. The molecule has 0 saturated carbocycles. The lowest BCUT2D eigenvalue weighted by atomic mass is 9.86. The number of benzene rings is 1. The average molecular weight is 240 g/mol. The Morgan fingerprint density at radius 2 is 2.12 bits per heavy atom. The van der Waals surface area contributed by atoms with E-state index in [0.717, 1.165) is 25.1 Å². The van der Waals surface area contributed by atoms with Crippen LogP contribution in [0.25, 0.3) is 0 Å². The van der Waals surface area contributed by atoms with E-state index >= 15 is 0 Å². The molecule has 5 heteroatoms. The van der Waals surface area contributed by atoms with Crippen molar-refractivity contribution in [3.63, 3.8) is 0 Å². The first-order valence-corrected chi connectivity index (χ1v) is 5.57. The second-order valence-electron chi connectivity index (χ2n) is 4.26. The van der Waals surface area contributed by atoms with Crippen LogP contribution >= 0.6 is 0 Å². The molecule has 1 aromatic carbocycles. The Kier molecular flexibility index (Phi) is 3.38. The molecule has 0 aliphatic carbocycles. The summed E-state index contributed by atoms with van der Waals surface area (Å²) < 4.78 is 26.0. The van der Waals surface area contributed by atoms with Crippen LogP contribution in [0.2, 0.25) is 0 Å². The maximum absolute atomic E-state index is 13.1. The Bertz CT molecular complexity index is 437. The Hall–Kier alpha value is -1.49. The molecule has 0 radical (unpaired) electrons. The topological polar surface area (TPSA) is 55.1 Å². The first-order valence-electron chi connectivity index (χ1n) is 5.57. The lowest BCUT2D eigenvalue weighted by molar-refractivity contribution is -0.123. The summed E-state index contributed by atoms with van der Waals surface area (Å²) in [7, 11) is 0. The predicted molar refractivity (Wildman–Crippen MR) is 59.0 cm³/mol. The smallest absolute Gasteiger partial charge is 0.222 e. The number of piperidine rings is 1. The third-order valence-electron chi connectivity index (χ3n) is 3.13. The highest BCUT2D eigenvalue weighted by Crippen LogP contribution is 2.29. The Balaban J connectivity index is 2.29. The third kappa shape index (κ3) is 2.44. The molecule has 1 aliphatic rings. The fourth-order valence-electron chi connectivity index (χ4n) is 2.25. The molecular formula is C12H14F2N2O. The molecular weight excluding hydrogens is 226 g/mol. The van der Waals surface area contributed by atoms with Crippen LogP contribution in [0.5, 0.6) is 0 Å². The second-order valence-corrected chi connectivity index (χ2v) is 4.26. The van der Waals surface area contributed by atoms with Gasteiger partial charge in [0.25, 0.3) is 0 Å². The van der Waals surface area contributed by atoms with Gasteiger partial charge in [0.15, 0.2) is 11.6 Å². The van der Waals surface area contributed by atoms with E-state index in [1.807, 2.05) is 0 Å². The molecule has 1 aliphatic heterocycles. The summed E-state index contributed by atoms with van der Waals surface area (Å²) in [6, 6.07) is 3.35. The SMILES string of the molecule is NC(=O)C1CCCNC1c1ccc(F)c(F)c1. The van der Waals surface area contributed by atoms with Gasteiger partial charge in [0.05, 0.1) is 5.92 Å². The number of carbonyl (C=O) groups excluding carboxylic acids is 1. The van der Waals surface area contributed by atoms with E-state index in [0.29, 0.717) is 12.0 Å². The van der Waals surface area contributed by atoms with Crippen molar-refractivity contribution >= 4 is 5.91 Å². The summed E-state index contributed by atoms with van der Waals surface area (Å²) in [6.07, 6.45) is 1.53. The van der Waals surface area contributed by atoms with Gasteiger partial charge in [-0.1, -0.05) is 6.07 Å². The van der Waals surface area contributed by atoms with Crippen molar-refractivity contribution in [1.82, 2.24) is 5.32 Å². The molecule has 1 saturated heterocycles. The van der Waals surface area contributed by atoms with E-state index in [1.165, 1.54) is 6.07 Å². The van der Waals surface area contributed by atoms with Crippen molar-refractivity contribution < 1.29 is 13.6 Å². The van der Waals surface area contributed by atoms with E-state index in [2.05, 4.69) is 5.32 Å². The van der Waals surface area contributed by atoms with Crippen LogP contribution < -0.4 is 11.1 Å². The molecule has 1 aromatic rings. The molecule has 92 valence electrons. The van der Waals surface area contributed by atoms with Gasteiger partial charge in [-0.2, -0.15) is 0 Å². The quantitative estimate of drug-likeness (QED) is 0.823. The van der Waals surface area contributed by atoms with E-state index < -0.39 is 17.5 Å². The van der Waals surface area contributed by atoms with Crippen molar-refractivity contribution in [3.8, 4) is 0 Å². The van der Waals surface area contributed by atoms with Gasteiger partial charge >= 0.3 is 0 Å². The van der Waals surface area contributed by atoms with Crippen LogP contribution in [-0.2, 0) is 4.79 Å². The number of nitrogens with two attached hydrogens (primary N) is 1. The zero-order valence-corrected chi connectivity index (χ0v) is 9.25. The van der Waals surface area contributed by atoms with Crippen LogP contribution in [0.15, 0.2) is 18.2 Å². The van der Waals surface area contributed by atoms with Crippen molar-refractivity contribution in [1.29, 1.82) is 0 Å². The molecule has 1 fully saturated rings. The highest BCUT2D eigenvalue weighted by atomic mass is 19.2. The lowest BCUT2D eigenvalue weighted by Gasteiger charge is -2.30. The third-order valence-corrected chi connectivity index (χ3v) is 3.13. The van der Waals surface area contributed by atoms with Crippen molar-refractivity contribution in [3.05, 3.63) is 35.4 Å². The van der Waals surface area contributed by atoms with Gasteiger partial charge in [0, 0.05) is 6.04 Å². The van der Waals surface area contributed by atoms with Crippen molar-refractivity contribution in [2.24, 2.45) is 11.7 Å². The number of amides is 1. The molecule has 0 aromatic heterocycles. The normalized spacial score (nSPS) is 24.6. The van der Waals surface area contributed by atoms with Crippen LogP contribution in [0, 0.1) is 17.6 Å². The maximum atomic E-state index is 13.1. The van der Waals surface area contributed by atoms with Gasteiger partial charge in [-0.15, -0.1) is 0 Å². The Morgan fingerprint density at radius 1 is 1.35 bits per heavy atom. The van der Waals surface area contributed by atoms with Gasteiger partial charge in [0.1, 0.15) is 0 Å². The number of hydrogen-bond donors (Lipinski definition) is 2. The summed E-state index contributed by atoms with van der Waals surface area (Å²) >= 11 is 0. The van der Waals surface area contributed by atoms with E-state index in [-0.39, 0.29) is 12.0 Å². The fraction of sp³-hybridized carbons (Fsp3) is 0.417. The van der Waals surface area contributed by atoms with E-state index in [1.54, 1.807) is 0 Å². The maximum Gasteiger partial charge on any atom is 0.222 e. The minimum atomic E-state index is -0.905. The first kappa shape index (κ1) is 12.0. The molecule has 1 amide bonds. The highest BCUT2D eigenvalue weighted by Gasteiger charge is 2.30. The largest absolute Gasteiger partial charge is 0.369 e. The molecule has 1 heterocycles. The molecule has 2 rings (SSSR count). The molecule has 3 N–H and O–H groups in total. The fourth-order valence-corrected chi connectivity index (χ4v) is 2.25. The van der Waals surface area contributed by atoms with Crippen molar-refractivity contribution in [2.45, 2.75) is 18.9 Å². The highest BCUT2D eigenvalue weighted by molar-refractivity contribution is 5.77. The molecule has 17 heavy (non-hydrogen) atoms. The van der Waals surface area contributed by atoms with Crippen LogP contribution in [0.4, 0.5) is 8.78 Å². The van der Waals surface area contributed by atoms with Gasteiger partial charge < -0.3 is 11.1 Å². The number of hydrogen-bond acceptors (Lipinski definition) is 2. The minimum absolute atomic E-state index is 0.323. The monoisotopic (exact) mass is 240 g/mol. The average Bonchev–Trinajstić information content (AvgIpc) is 2.32. The van der Waals surface area contributed by atoms with Crippen LogP contribution in [0.1, 0.15) is 24.4 Å². The summed E-state index contributed by atoms with van der Waals surface area (Å²) in [6.45, 7) is 0.743. The molecule has 0 spiro atoms. The summed E-state index contributed by atoms with van der Waals surface area (Å²) in [5.74, 6) is -2.57. The van der Waals surface area contributed by atoms with E-state index in [4.69, 9.17) is 5.73 Å². The Labute approximate surface area is 98.0 Å². The van der Waals surface area contributed by atoms with Gasteiger partial charge in [-0.05, 0) is 37.1 Å². The lowest BCUT2D eigenvalue weighted by Crippen LogP contribution is -2.41. The zero-order valence-electron chi connectivity index (χ0n) is 9.25. The molecule has 3 nitrogen and oxygen atoms in total. The standard InChI is InChI=1S/C12H14F2N2O/c13-9-4-3-7(6-10(9)14)11-8(12(15)17)2-1-5-16-11/h3-4,6,8,11,16H,1-2,5H2,(H2,15,17). The van der Waals surface area contributed by atoms with Gasteiger partial charge in [0.2, 0.25) is 5.91 Å². The molecule has 0 bridgehead atoms. The second kappa shape index (κ2) is 4.79. The van der Waals surface area contributed by atoms with E-state index in [9.17, 15) is 13.6 Å². The van der Waals surface area contributed by atoms with Gasteiger partial charge in [-0.3, -0.25) is 4.79 Å². The number of nitrogens with one attached hydrogen (secondary N) is 1. The van der Waals surface area contributed by atoms with Crippen molar-refractivity contribution in [2.75, 3.05) is 6.54 Å². The van der Waals surface area contributed by atoms with Gasteiger partial charge in [-0.25, -0.2) is 8.78 Å². The molecule has 2 unspecified atom stereocenters. The number of rotatable bonds is 2. The number of primary amides is 1. The summed E-state index contributed by atoms with van der Waals surface area (Å²) in [5, 5.41) is 3.12. The predicted octanol–water partition coefficient (Wildman–Crippen LogP) is 1.49. The molecule has 2 atom stereocenters. The first-order chi connectivity index (χ1) is 8.09. The Morgan fingerprint density at radius 3 is 2.76 bits per heavy atom. The zero-order chi connectivity index (χ0) is 12.4.